The minimum Gasteiger partial charge on any atom is -0.381 e. The molecule has 0 aromatic heterocycles. The number of anilines is 2. The van der Waals surface area contributed by atoms with Gasteiger partial charge in [-0.2, -0.15) is 0 Å². The normalized spacial score (nSPS) is 18.8. The van der Waals surface area contributed by atoms with E-state index < -0.39 is 16.1 Å². The molecule has 4 rings (SSSR count). The Kier molecular flexibility index (Phi) is 7.70. The highest BCUT2D eigenvalue weighted by atomic mass is 35.5. The Balaban J connectivity index is 1.56. The van der Waals surface area contributed by atoms with Crippen LogP contribution in [0.4, 0.5) is 11.4 Å². The predicted molar refractivity (Wildman–Crippen MR) is 137 cm³/mol. The largest absolute Gasteiger partial charge is 0.381 e. The van der Waals surface area contributed by atoms with Crippen molar-refractivity contribution >= 4 is 38.9 Å². The van der Waals surface area contributed by atoms with Crippen molar-refractivity contribution in [2.24, 2.45) is 5.92 Å². The quantitative estimate of drug-likeness (QED) is 0.533. The van der Waals surface area contributed by atoms with Crippen LogP contribution in [0, 0.1) is 19.8 Å². The molecule has 2 aromatic carbocycles. The number of benzene rings is 2. The van der Waals surface area contributed by atoms with E-state index in [4.69, 9.17) is 11.6 Å². The van der Waals surface area contributed by atoms with Gasteiger partial charge < -0.3 is 16.0 Å². The Labute approximate surface area is 207 Å². The maximum Gasteiger partial charge on any atom is 0.264 e. The zero-order valence-corrected chi connectivity index (χ0v) is 21.3. The third-order valence-electron chi connectivity index (χ3n) is 6.75. The number of rotatable bonds is 7. The molecule has 1 fully saturated rings. The summed E-state index contributed by atoms with van der Waals surface area (Å²) in [6, 6.07) is 10.1. The molecule has 9 heteroatoms. The van der Waals surface area contributed by atoms with Gasteiger partial charge >= 0.3 is 0 Å². The van der Waals surface area contributed by atoms with Gasteiger partial charge in [0.1, 0.15) is 0 Å². The third-order valence-corrected chi connectivity index (χ3v) is 9.16. The van der Waals surface area contributed by atoms with Crippen LogP contribution < -0.4 is 20.3 Å². The van der Waals surface area contributed by atoms with E-state index in [1.807, 2.05) is 18.2 Å². The molecule has 2 aromatic rings. The minimum atomic E-state index is -3.93. The van der Waals surface area contributed by atoms with E-state index in [9.17, 15) is 13.2 Å². The zero-order chi connectivity index (χ0) is 24.3. The summed E-state index contributed by atoms with van der Waals surface area (Å²) >= 11 is 6.23. The van der Waals surface area contributed by atoms with Crippen LogP contribution >= 0.6 is 11.6 Å². The standard InChI is InChI=1S/C25H33ClN4O3S/c1-17-14-24(18(2)13-21(17)26)34(32,33)30-20(16-29-22-5-3-4-6-23(22)30)15-25(31)28-12-9-19-7-10-27-11-8-19/h3-6,13-14,19-20,27,29H,7-12,15-16H2,1-2H3,(H,28,31)/t20-/m1/s1. The van der Waals surface area contributed by atoms with Gasteiger partial charge in [-0.15, -0.1) is 0 Å². The topological polar surface area (TPSA) is 90.5 Å². The third kappa shape index (κ3) is 5.34. The first-order valence-electron chi connectivity index (χ1n) is 11.9. The van der Waals surface area contributed by atoms with Crippen LogP contribution in [0.25, 0.3) is 0 Å². The number of para-hydroxylation sites is 2. The van der Waals surface area contributed by atoms with E-state index in [0.717, 1.165) is 38.0 Å². The van der Waals surface area contributed by atoms with Gasteiger partial charge in [0, 0.05) is 24.5 Å². The zero-order valence-electron chi connectivity index (χ0n) is 19.7. The summed E-state index contributed by atoms with van der Waals surface area (Å²) in [5, 5.41) is 10.2. The Morgan fingerprint density at radius 3 is 2.65 bits per heavy atom. The Morgan fingerprint density at radius 2 is 1.88 bits per heavy atom. The molecule has 1 saturated heterocycles. The number of amides is 1. The Hall–Kier alpha value is -2.29. The lowest BCUT2D eigenvalue weighted by molar-refractivity contribution is -0.121. The van der Waals surface area contributed by atoms with Crippen LogP contribution in [0.3, 0.4) is 0 Å². The molecule has 1 amide bonds. The summed E-state index contributed by atoms with van der Waals surface area (Å²) in [6.07, 6.45) is 3.29. The van der Waals surface area contributed by atoms with Gasteiger partial charge in [0.2, 0.25) is 5.91 Å². The minimum absolute atomic E-state index is 0.0818. The van der Waals surface area contributed by atoms with Gasteiger partial charge in [0.15, 0.2) is 0 Å². The second-order valence-electron chi connectivity index (χ2n) is 9.26. The molecule has 0 bridgehead atoms. The molecule has 184 valence electrons. The maximum absolute atomic E-state index is 14.0. The number of nitrogens with one attached hydrogen (secondary N) is 3. The fraction of sp³-hybridized carbons (Fsp3) is 0.480. The molecule has 34 heavy (non-hydrogen) atoms. The first-order valence-corrected chi connectivity index (χ1v) is 13.7. The lowest BCUT2D eigenvalue weighted by Crippen LogP contribution is -2.49. The number of carbonyl (C=O) groups excluding carboxylic acids is 1. The average Bonchev–Trinajstić information content (AvgIpc) is 2.81. The molecule has 0 spiro atoms. The van der Waals surface area contributed by atoms with Gasteiger partial charge in [-0.25, -0.2) is 8.42 Å². The van der Waals surface area contributed by atoms with Crippen LogP contribution in [-0.2, 0) is 14.8 Å². The highest BCUT2D eigenvalue weighted by Crippen LogP contribution is 2.38. The van der Waals surface area contributed by atoms with Crippen LogP contribution in [0.5, 0.6) is 0 Å². The summed E-state index contributed by atoms with van der Waals surface area (Å²) < 4.78 is 29.3. The summed E-state index contributed by atoms with van der Waals surface area (Å²) in [6.45, 7) is 6.56. The lowest BCUT2D eigenvalue weighted by atomic mass is 9.95. The lowest BCUT2D eigenvalue weighted by Gasteiger charge is -2.38. The van der Waals surface area contributed by atoms with Gasteiger partial charge in [-0.1, -0.05) is 23.7 Å². The average molecular weight is 505 g/mol. The number of fused-ring (bicyclic) bond motifs is 1. The summed E-state index contributed by atoms with van der Waals surface area (Å²) in [5.74, 6) is 0.488. The summed E-state index contributed by atoms with van der Waals surface area (Å²) in [4.78, 5) is 13.1. The molecule has 2 aliphatic heterocycles. The molecule has 2 heterocycles. The fourth-order valence-corrected chi connectivity index (χ4v) is 7.00. The molecule has 0 aliphatic carbocycles. The van der Waals surface area contributed by atoms with Gasteiger partial charge in [0.25, 0.3) is 10.0 Å². The van der Waals surface area contributed by atoms with Crippen molar-refractivity contribution in [2.75, 3.05) is 35.8 Å². The SMILES string of the molecule is Cc1cc(S(=O)(=O)N2c3ccccc3NC[C@H]2CC(=O)NCCC2CCNCC2)c(C)cc1Cl. The number of carbonyl (C=O) groups is 1. The molecular weight excluding hydrogens is 472 g/mol. The smallest absolute Gasteiger partial charge is 0.264 e. The number of halogens is 1. The van der Waals surface area contributed by atoms with Crippen molar-refractivity contribution in [1.82, 2.24) is 10.6 Å². The van der Waals surface area contributed by atoms with Gasteiger partial charge in [-0.05, 0) is 87.5 Å². The second kappa shape index (κ2) is 10.5. The maximum atomic E-state index is 14.0. The van der Waals surface area contributed by atoms with Crippen LogP contribution in [0.15, 0.2) is 41.3 Å². The second-order valence-corrected chi connectivity index (χ2v) is 11.4. The van der Waals surface area contributed by atoms with Gasteiger partial charge in [-0.3, -0.25) is 9.10 Å². The van der Waals surface area contributed by atoms with E-state index in [2.05, 4.69) is 16.0 Å². The number of piperidine rings is 1. The first-order chi connectivity index (χ1) is 16.3. The monoisotopic (exact) mass is 504 g/mol. The van der Waals surface area contributed by atoms with Crippen molar-refractivity contribution in [3.8, 4) is 0 Å². The first kappa shape index (κ1) is 24.8. The van der Waals surface area contributed by atoms with Crippen molar-refractivity contribution in [2.45, 2.75) is 50.5 Å². The molecule has 0 unspecified atom stereocenters. The summed E-state index contributed by atoms with van der Waals surface area (Å²) in [5.41, 5.74) is 2.56. The number of hydrogen-bond acceptors (Lipinski definition) is 5. The van der Waals surface area contributed by atoms with Crippen molar-refractivity contribution in [3.05, 3.63) is 52.5 Å². The van der Waals surface area contributed by atoms with E-state index in [-0.39, 0.29) is 17.2 Å². The molecule has 7 nitrogen and oxygen atoms in total. The van der Waals surface area contributed by atoms with E-state index in [1.165, 1.54) is 4.31 Å². The van der Waals surface area contributed by atoms with Crippen LogP contribution in [0.1, 0.15) is 36.8 Å². The van der Waals surface area contributed by atoms with Crippen LogP contribution in [-0.4, -0.2) is 46.5 Å². The number of hydrogen-bond donors (Lipinski definition) is 3. The van der Waals surface area contributed by atoms with E-state index in [0.29, 0.717) is 40.8 Å². The molecular formula is C25H33ClN4O3S. The Morgan fingerprint density at radius 1 is 1.15 bits per heavy atom. The van der Waals surface area contributed by atoms with Crippen molar-refractivity contribution in [3.63, 3.8) is 0 Å². The van der Waals surface area contributed by atoms with E-state index >= 15 is 0 Å². The molecule has 3 N–H and O–H groups in total. The number of sulfonamides is 1. The highest BCUT2D eigenvalue weighted by Gasteiger charge is 2.38. The number of nitrogens with zero attached hydrogens (tertiary/aromatic N) is 1. The molecule has 1 atom stereocenters. The van der Waals surface area contributed by atoms with Gasteiger partial charge in [0.05, 0.1) is 22.3 Å². The predicted octanol–water partition coefficient (Wildman–Crippen LogP) is 3.84. The van der Waals surface area contributed by atoms with Crippen LogP contribution in [0.2, 0.25) is 5.02 Å². The van der Waals surface area contributed by atoms with E-state index in [1.54, 1.807) is 32.0 Å². The molecule has 0 radical (unpaired) electrons. The summed E-state index contributed by atoms with van der Waals surface area (Å²) in [7, 11) is -3.93. The fourth-order valence-electron chi connectivity index (χ4n) is 4.81. The number of aryl methyl sites for hydroxylation is 2. The van der Waals surface area contributed by atoms with Crippen molar-refractivity contribution in [1.29, 1.82) is 0 Å². The highest BCUT2D eigenvalue weighted by molar-refractivity contribution is 7.93. The van der Waals surface area contributed by atoms with Crippen molar-refractivity contribution < 1.29 is 13.2 Å². The molecule has 2 aliphatic rings. The molecule has 0 saturated carbocycles. The Bertz CT molecular complexity index is 1150.